The average Bonchev–Trinajstić information content (AvgIpc) is 2.56. The number of hydrogen-bond acceptors (Lipinski definition) is 3. The summed E-state index contributed by atoms with van der Waals surface area (Å²) in [5, 5.41) is 0.934. The number of fused-ring (bicyclic) bond motifs is 1. The zero-order chi connectivity index (χ0) is 9.97. The van der Waals surface area contributed by atoms with Crippen molar-refractivity contribution in [1.82, 2.24) is 9.97 Å². The van der Waals surface area contributed by atoms with Crippen molar-refractivity contribution in [2.24, 2.45) is 5.73 Å². The number of halogens is 1. The van der Waals surface area contributed by atoms with E-state index in [4.69, 9.17) is 5.73 Å². The van der Waals surface area contributed by atoms with Gasteiger partial charge in [0.15, 0.2) is 5.16 Å². The first-order valence-electron chi connectivity index (χ1n) is 4.28. The topological polar surface area (TPSA) is 54.7 Å². The monoisotopic (exact) mass is 271 g/mol. The first kappa shape index (κ1) is 10.0. The van der Waals surface area contributed by atoms with Gasteiger partial charge in [-0.1, -0.05) is 27.7 Å². The van der Waals surface area contributed by atoms with Crippen LogP contribution >= 0.6 is 27.7 Å². The van der Waals surface area contributed by atoms with Gasteiger partial charge in [-0.3, -0.25) is 0 Å². The molecular weight excluding hydrogens is 262 g/mol. The molecular formula is C9H10BrN3S. The van der Waals surface area contributed by atoms with Gasteiger partial charge >= 0.3 is 0 Å². The standard InChI is InChI=1S/C9H10BrN3S/c10-6-1-2-7-8(5-6)13-9(12-7)14-4-3-11/h1-2,5H,3-4,11H2,(H,12,13). The van der Waals surface area contributed by atoms with Crippen LogP contribution in [-0.4, -0.2) is 22.3 Å². The van der Waals surface area contributed by atoms with Crippen molar-refractivity contribution in [2.45, 2.75) is 5.16 Å². The fourth-order valence-electron chi connectivity index (χ4n) is 1.18. The van der Waals surface area contributed by atoms with Gasteiger partial charge in [-0.25, -0.2) is 4.98 Å². The summed E-state index contributed by atoms with van der Waals surface area (Å²) in [7, 11) is 0. The molecule has 5 heteroatoms. The Morgan fingerprint density at radius 2 is 2.36 bits per heavy atom. The smallest absolute Gasteiger partial charge is 0.166 e. The van der Waals surface area contributed by atoms with Crippen molar-refractivity contribution in [1.29, 1.82) is 0 Å². The van der Waals surface area contributed by atoms with Gasteiger partial charge in [0.05, 0.1) is 11.0 Å². The minimum atomic E-state index is 0.672. The Bertz CT molecular complexity index is 441. The van der Waals surface area contributed by atoms with Crippen molar-refractivity contribution in [2.75, 3.05) is 12.3 Å². The zero-order valence-electron chi connectivity index (χ0n) is 7.46. The molecule has 2 rings (SSSR count). The minimum Gasteiger partial charge on any atom is -0.333 e. The third kappa shape index (κ3) is 2.10. The SMILES string of the molecule is NCCSc1nc2ccc(Br)cc2[nH]1. The third-order valence-electron chi connectivity index (χ3n) is 1.78. The van der Waals surface area contributed by atoms with Gasteiger partial charge in [0.25, 0.3) is 0 Å². The van der Waals surface area contributed by atoms with E-state index in [1.165, 1.54) is 0 Å². The number of hydrogen-bond donors (Lipinski definition) is 2. The summed E-state index contributed by atoms with van der Waals surface area (Å²) in [6.45, 7) is 0.672. The molecule has 0 amide bonds. The summed E-state index contributed by atoms with van der Waals surface area (Å²) in [5.41, 5.74) is 7.47. The van der Waals surface area contributed by atoms with E-state index in [2.05, 4.69) is 25.9 Å². The molecule has 0 saturated heterocycles. The summed E-state index contributed by atoms with van der Waals surface area (Å²) in [4.78, 5) is 7.66. The van der Waals surface area contributed by atoms with Crippen LogP contribution in [0.15, 0.2) is 27.8 Å². The zero-order valence-corrected chi connectivity index (χ0v) is 9.86. The fourth-order valence-corrected chi connectivity index (χ4v) is 2.20. The highest BCUT2D eigenvalue weighted by Gasteiger charge is 2.02. The van der Waals surface area contributed by atoms with E-state index in [0.29, 0.717) is 6.54 Å². The van der Waals surface area contributed by atoms with Gasteiger partial charge in [-0.2, -0.15) is 0 Å². The molecule has 0 bridgehead atoms. The van der Waals surface area contributed by atoms with Crippen LogP contribution in [-0.2, 0) is 0 Å². The maximum atomic E-state index is 5.42. The van der Waals surface area contributed by atoms with Crippen molar-refractivity contribution in [3.05, 3.63) is 22.7 Å². The fraction of sp³-hybridized carbons (Fsp3) is 0.222. The minimum absolute atomic E-state index is 0.672. The van der Waals surface area contributed by atoms with Crippen LogP contribution in [0.3, 0.4) is 0 Å². The van der Waals surface area contributed by atoms with E-state index in [9.17, 15) is 0 Å². The van der Waals surface area contributed by atoms with Crippen LogP contribution < -0.4 is 5.73 Å². The predicted molar refractivity (Wildman–Crippen MR) is 63.6 cm³/mol. The van der Waals surface area contributed by atoms with Crippen LogP contribution in [0.2, 0.25) is 0 Å². The normalized spacial score (nSPS) is 11.0. The molecule has 0 spiro atoms. The highest BCUT2D eigenvalue weighted by molar-refractivity contribution is 9.10. The van der Waals surface area contributed by atoms with Crippen LogP contribution in [0.25, 0.3) is 11.0 Å². The van der Waals surface area contributed by atoms with Crippen LogP contribution in [0.5, 0.6) is 0 Å². The third-order valence-corrected chi connectivity index (χ3v) is 3.18. The number of nitrogens with one attached hydrogen (secondary N) is 1. The summed E-state index contributed by atoms with van der Waals surface area (Å²) in [6, 6.07) is 6.00. The molecule has 1 aromatic heterocycles. The molecule has 0 atom stereocenters. The largest absolute Gasteiger partial charge is 0.333 e. The first-order valence-corrected chi connectivity index (χ1v) is 6.05. The highest BCUT2D eigenvalue weighted by Crippen LogP contribution is 2.21. The molecule has 1 aromatic carbocycles. The molecule has 0 saturated carbocycles. The Balaban J connectivity index is 2.32. The molecule has 0 unspecified atom stereocenters. The van der Waals surface area contributed by atoms with Crippen molar-refractivity contribution in [3.8, 4) is 0 Å². The van der Waals surface area contributed by atoms with Crippen molar-refractivity contribution in [3.63, 3.8) is 0 Å². The molecule has 14 heavy (non-hydrogen) atoms. The van der Waals surface area contributed by atoms with Gasteiger partial charge < -0.3 is 10.7 Å². The quantitative estimate of drug-likeness (QED) is 0.843. The second-order valence-corrected chi connectivity index (χ2v) is 4.84. The molecule has 0 radical (unpaired) electrons. The number of imidazole rings is 1. The van der Waals surface area contributed by atoms with Crippen molar-refractivity contribution < 1.29 is 0 Å². The van der Waals surface area contributed by atoms with Crippen LogP contribution in [0, 0.1) is 0 Å². The molecule has 0 aliphatic rings. The number of thioether (sulfide) groups is 1. The lowest BCUT2D eigenvalue weighted by molar-refractivity contribution is 1.07. The molecule has 74 valence electrons. The Kier molecular flexibility index (Phi) is 3.10. The average molecular weight is 272 g/mol. The Hall–Kier alpha value is -0.520. The highest BCUT2D eigenvalue weighted by atomic mass is 79.9. The molecule has 0 fully saturated rings. The van der Waals surface area contributed by atoms with E-state index in [1.807, 2.05) is 18.2 Å². The molecule has 0 aliphatic heterocycles. The number of aromatic nitrogens is 2. The number of nitrogens with zero attached hydrogens (tertiary/aromatic N) is 1. The van der Waals surface area contributed by atoms with Gasteiger partial charge in [0.2, 0.25) is 0 Å². The summed E-state index contributed by atoms with van der Waals surface area (Å²) < 4.78 is 1.06. The maximum Gasteiger partial charge on any atom is 0.166 e. The van der Waals surface area contributed by atoms with Crippen molar-refractivity contribution >= 4 is 38.7 Å². The van der Waals surface area contributed by atoms with Gasteiger partial charge in [0, 0.05) is 16.8 Å². The maximum absolute atomic E-state index is 5.42. The van der Waals surface area contributed by atoms with Gasteiger partial charge in [0.1, 0.15) is 0 Å². The van der Waals surface area contributed by atoms with E-state index in [1.54, 1.807) is 11.8 Å². The van der Waals surface area contributed by atoms with E-state index >= 15 is 0 Å². The molecule has 2 aromatic rings. The molecule has 0 aliphatic carbocycles. The number of H-pyrrole nitrogens is 1. The number of nitrogens with two attached hydrogens (primary N) is 1. The molecule has 3 nitrogen and oxygen atoms in total. The molecule has 3 N–H and O–H groups in total. The first-order chi connectivity index (χ1) is 6.79. The Morgan fingerprint density at radius 3 is 3.14 bits per heavy atom. The predicted octanol–water partition coefficient (Wildman–Crippen LogP) is 2.38. The molecule has 1 heterocycles. The van der Waals surface area contributed by atoms with Gasteiger partial charge in [-0.05, 0) is 18.2 Å². The second kappa shape index (κ2) is 4.33. The van der Waals surface area contributed by atoms with Crippen LogP contribution in [0.1, 0.15) is 0 Å². The summed E-state index contributed by atoms with van der Waals surface area (Å²) in [5.74, 6) is 0.890. The summed E-state index contributed by atoms with van der Waals surface area (Å²) in [6.07, 6.45) is 0. The number of aromatic amines is 1. The van der Waals surface area contributed by atoms with E-state index < -0.39 is 0 Å². The number of rotatable bonds is 3. The van der Waals surface area contributed by atoms with E-state index in [-0.39, 0.29) is 0 Å². The van der Waals surface area contributed by atoms with Gasteiger partial charge in [-0.15, -0.1) is 0 Å². The lowest BCUT2D eigenvalue weighted by atomic mass is 10.3. The number of benzene rings is 1. The lowest BCUT2D eigenvalue weighted by Gasteiger charge is -1.90. The second-order valence-electron chi connectivity index (χ2n) is 2.84. The Labute approximate surface area is 94.6 Å². The van der Waals surface area contributed by atoms with Crippen LogP contribution in [0.4, 0.5) is 0 Å². The summed E-state index contributed by atoms with van der Waals surface area (Å²) >= 11 is 5.06. The van der Waals surface area contributed by atoms with E-state index in [0.717, 1.165) is 26.4 Å². The lowest BCUT2D eigenvalue weighted by Crippen LogP contribution is -2.01. The Morgan fingerprint density at radius 1 is 1.50 bits per heavy atom.